The monoisotopic (exact) mass is 288 g/mol. The van der Waals surface area contributed by atoms with Crippen LogP contribution in [0.5, 0.6) is 0 Å². The lowest BCUT2D eigenvalue weighted by Crippen LogP contribution is -2.34. The lowest BCUT2D eigenvalue weighted by Gasteiger charge is -2.21. The van der Waals surface area contributed by atoms with Gasteiger partial charge in [-0.05, 0) is 49.4 Å². The molecule has 0 saturated carbocycles. The van der Waals surface area contributed by atoms with Gasteiger partial charge >= 0.3 is 0 Å². The van der Waals surface area contributed by atoms with E-state index in [9.17, 15) is 4.79 Å². The van der Waals surface area contributed by atoms with Crippen molar-refractivity contribution >= 4 is 5.91 Å². The third-order valence-electron chi connectivity index (χ3n) is 4.18. The molecule has 2 rings (SSSR count). The Labute approximate surface area is 128 Å². The molecule has 1 aromatic carbocycles. The smallest absolute Gasteiger partial charge is 0.251 e. The molecule has 1 atom stereocenters. The number of hydrogen-bond donors (Lipinski definition) is 2. The fourth-order valence-corrected chi connectivity index (χ4v) is 2.95. The fraction of sp³-hybridized carbons (Fsp3) is 0.611. The van der Waals surface area contributed by atoms with Gasteiger partial charge in [0.15, 0.2) is 0 Å². The average molecular weight is 288 g/mol. The summed E-state index contributed by atoms with van der Waals surface area (Å²) in [5.74, 6) is 0.826. The summed E-state index contributed by atoms with van der Waals surface area (Å²) in [4.78, 5) is 12.5. The van der Waals surface area contributed by atoms with Gasteiger partial charge in [-0.1, -0.05) is 38.8 Å². The van der Waals surface area contributed by atoms with Crippen LogP contribution in [-0.2, 0) is 13.0 Å². The Bertz CT molecular complexity index is 482. The summed E-state index contributed by atoms with van der Waals surface area (Å²) in [7, 11) is 0. The van der Waals surface area contributed by atoms with E-state index < -0.39 is 0 Å². The van der Waals surface area contributed by atoms with E-state index in [0.717, 1.165) is 37.4 Å². The second kappa shape index (κ2) is 7.60. The minimum Gasteiger partial charge on any atom is -0.350 e. The first kappa shape index (κ1) is 16.0. The lowest BCUT2D eigenvalue weighted by molar-refractivity contribution is 0.0936. The highest BCUT2D eigenvalue weighted by atomic mass is 16.1. The van der Waals surface area contributed by atoms with Crippen molar-refractivity contribution in [2.75, 3.05) is 6.54 Å². The van der Waals surface area contributed by atoms with Crippen LogP contribution in [0.15, 0.2) is 18.2 Å². The van der Waals surface area contributed by atoms with Crippen LogP contribution in [0.1, 0.15) is 61.5 Å². The largest absolute Gasteiger partial charge is 0.350 e. The maximum absolute atomic E-state index is 12.5. The minimum absolute atomic E-state index is 0.0887. The molecule has 0 spiro atoms. The van der Waals surface area contributed by atoms with Gasteiger partial charge in [-0.25, -0.2) is 0 Å². The van der Waals surface area contributed by atoms with Gasteiger partial charge in [0, 0.05) is 18.2 Å². The Kier molecular flexibility index (Phi) is 5.80. The number of benzene rings is 1. The highest BCUT2D eigenvalue weighted by Gasteiger charge is 2.18. The Hall–Kier alpha value is -1.35. The molecule has 0 fully saturated rings. The van der Waals surface area contributed by atoms with Crippen molar-refractivity contribution in [1.82, 2.24) is 10.6 Å². The summed E-state index contributed by atoms with van der Waals surface area (Å²) in [5.41, 5.74) is 3.36. The van der Waals surface area contributed by atoms with E-state index in [4.69, 9.17) is 0 Å². The molecule has 1 amide bonds. The zero-order valence-corrected chi connectivity index (χ0v) is 13.5. The molecule has 1 aromatic rings. The number of amides is 1. The van der Waals surface area contributed by atoms with Crippen molar-refractivity contribution in [3.63, 3.8) is 0 Å². The second-order valence-corrected chi connectivity index (χ2v) is 6.57. The Morgan fingerprint density at radius 3 is 2.86 bits per heavy atom. The highest BCUT2D eigenvalue weighted by molar-refractivity contribution is 5.96. The van der Waals surface area contributed by atoms with Crippen LogP contribution < -0.4 is 10.6 Å². The number of rotatable bonds is 6. The zero-order valence-electron chi connectivity index (χ0n) is 13.5. The number of fused-ring (bicyclic) bond motifs is 1. The van der Waals surface area contributed by atoms with Gasteiger partial charge in [0.25, 0.3) is 5.91 Å². The van der Waals surface area contributed by atoms with Crippen LogP contribution in [0.25, 0.3) is 0 Å². The molecule has 0 bridgehead atoms. The summed E-state index contributed by atoms with van der Waals surface area (Å²) in [6.45, 7) is 8.43. The first-order chi connectivity index (χ1) is 10.1. The van der Waals surface area contributed by atoms with Gasteiger partial charge in [-0.3, -0.25) is 4.79 Å². The van der Waals surface area contributed by atoms with E-state index in [1.807, 2.05) is 12.1 Å². The number of carbonyl (C=O) groups excluding carboxylic acids is 1. The van der Waals surface area contributed by atoms with Crippen molar-refractivity contribution in [1.29, 1.82) is 0 Å². The van der Waals surface area contributed by atoms with Crippen LogP contribution in [0.2, 0.25) is 0 Å². The van der Waals surface area contributed by atoms with Crippen molar-refractivity contribution in [2.45, 2.75) is 59.0 Å². The molecule has 0 radical (unpaired) electrons. The Morgan fingerprint density at radius 1 is 1.29 bits per heavy atom. The molecule has 0 aliphatic carbocycles. The second-order valence-electron chi connectivity index (χ2n) is 6.57. The van der Waals surface area contributed by atoms with Crippen molar-refractivity contribution in [3.05, 3.63) is 34.9 Å². The zero-order chi connectivity index (χ0) is 15.2. The molecular formula is C18H28N2O. The minimum atomic E-state index is 0.0887. The van der Waals surface area contributed by atoms with Crippen molar-refractivity contribution < 1.29 is 4.79 Å². The third kappa shape index (κ3) is 4.57. The molecular weight excluding hydrogens is 260 g/mol. The summed E-state index contributed by atoms with van der Waals surface area (Å²) >= 11 is 0. The standard InChI is InChI=1S/C18H28N2O/c1-13(2)6-4-7-14(3)20-18(21)17-9-5-8-15-12-19-11-10-16(15)17/h5,8-9,13-14,19H,4,6-7,10-12H2,1-3H3,(H,20,21). The van der Waals surface area contributed by atoms with E-state index >= 15 is 0 Å². The lowest BCUT2D eigenvalue weighted by atomic mass is 9.95. The van der Waals surface area contributed by atoms with E-state index in [1.165, 1.54) is 24.0 Å². The van der Waals surface area contributed by atoms with Gasteiger partial charge in [0.2, 0.25) is 0 Å². The predicted octanol–water partition coefficient (Wildman–Crippen LogP) is 3.28. The SMILES string of the molecule is CC(C)CCCC(C)NC(=O)c1cccc2c1CCNC2. The van der Waals surface area contributed by atoms with Gasteiger partial charge in [0.05, 0.1) is 0 Å². The third-order valence-corrected chi connectivity index (χ3v) is 4.18. The maximum Gasteiger partial charge on any atom is 0.251 e. The van der Waals surface area contributed by atoms with Gasteiger partial charge in [-0.15, -0.1) is 0 Å². The molecule has 1 heterocycles. The van der Waals surface area contributed by atoms with E-state index in [2.05, 4.69) is 37.5 Å². The topological polar surface area (TPSA) is 41.1 Å². The molecule has 2 N–H and O–H groups in total. The fourth-order valence-electron chi connectivity index (χ4n) is 2.95. The highest BCUT2D eigenvalue weighted by Crippen LogP contribution is 2.19. The molecule has 1 unspecified atom stereocenters. The summed E-state index contributed by atoms with van der Waals surface area (Å²) in [5, 5.41) is 6.52. The Morgan fingerprint density at radius 2 is 2.10 bits per heavy atom. The van der Waals surface area contributed by atoms with Crippen molar-refractivity contribution in [3.8, 4) is 0 Å². The summed E-state index contributed by atoms with van der Waals surface area (Å²) < 4.78 is 0. The predicted molar refractivity (Wildman–Crippen MR) is 87.5 cm³/mol. The quantitative estimate of drug-likeness (QED) is 0.843. The Balaban J connectivity index is 1.94. The number of nitrogens with one attached hydrogen (secondary N) is 2. The normalized spacial score (nSPS) is 15.6. The molecule has 3 heteroatoms. The van der Waals surface area contributed by atoms with Crippen LogP contribution in [0.3, 0.4) is 0 Å². The molecule has 1 aliphatic heterocycles. The van der Waals surface area contributed by atoms with Gasteiger partial charge in [-0.2, -0.15) is 0 Å². The maximum atomic E-state index is 12.5. The molecule has 0 saturated heterocycles. The molecule has 116 valence electrons. The van der Waals surface area contributed by atoms with Crippen LogP contribution >= 0.6 is 0 Å². The van der Waals surface area contributed by atoms with Crippen molar-refractivity contribution in [2.24, 2.45) is 5.92 Å². The van der Waals surface area contributed by atoms with Gasteiger partial charge < -0.3 is 10.6 Å². The molecule has 3 nitrogen and oxygen atoms in total. The van der Waals surface area contributed by atoms with Crippen LogP contribution in [-0.4, -0.2) is 18.5 Å². The van der Waals surface area contributed by atoms with E-state index in [1.54, 1.807) is 0 Å². The van der Waals surface area contributed by atoms with E-state index in [-0.39, 0.29) is 11.9 Å². The molecule has 0 aromatic heterocycles. The van der Waals surface area contributed by atoms with Crippen LogP contribution in [0.4, 0.5) is 0 Å². The van der Waals surface area contributed by atoms with E-state index in [0.29, 0.717) is 0 Å². The molecule has 21 heavy (non-hydrogen) atoms. The van der Waals surface area contributed by atoms with Crippen LogP contribution in [0, 0.1) is 5.92 Å². The first-order valence-electron chi connectivity index (χ1n) is 8.20. The van der Waals surface area contributed by atoms with Gasteiger partial charge in [0.1, 0.15) is 0 Å². The first-order valence-corrected chi connectivity index (χ1v) is 8.20. The average Bonchev–Trinajstić information content (AvgIpc) is 2.46. The number of hydrogen-bond acceptors (Lipinski definition) is 2. The summed E-state index contributed by atoms with van der Waals surface area (Å²) in [6.07, 6.45) is 4.41. The molecule has 1 aliphatic rings. The number of carbonyl (C=O) groups is 1. The summed E-state index contributed by atoms with van der Waals surface area (Å²) in [6, 6.07) is 6.31.